The van der Waals surface area contributed by atoms with Crippen LogP contribution in [-0.2, 0) is 55.0 Å². The van der Waals surface area contributed by atoms with Gasteiger partial charge in [0.2, 0.25) is 0 Å². The van der Waals surface area contributed by atoms with Crippen LogP contribution in [0.15, 0.2) is 0 Å². The number of nitrogens with zero attached hydrogens (tertiary/aromatic N) is 3. The van der Waals surface area contributed by atoms with Crippen LogP contribution in [0, 0.1) is 0 Å². The maximum atomic E-state index is 4.56. The summed E-state index contributed by atoms with van der Waals surface area (Å²) in [5.41, 5.74) is 0. The van der Waals surface area contributed by atoms with Crippen LogP contribution in [0.2, 0.25) is 0 Å². The van der Waals surface area contributed by atoms with E-state index in [9.17, 15) is 0 Å². The van der Waals surface area contributed by atoms with Gasteiger partial charge in [0.25, 0.3) is 0 Å². The molecule has 0 saturated carbocycles. The second kappa shape index (κ2) is 16.9. The molecule has 0 rings (SSSR count). The summed E-state index contributed by atoms with van der Waals surface area (Å²) in [6, 6.07) is 0. The smallest absolute Gasteiger partial charge is 0.00456 e. The van der Waals surface area contributed by atoms with Crippen LogP contribution in [0.4, 0.5) is 0 Å². The van der Waals surface area contributed by atoms with Gasteiger partial charge in [-0.25, -0.2) is 0 Å². The molecule has 0 amide bonds. The molecule has 0 bridgehead atoms. The summed E-state index contributed by atoms with van der Waals surface area (Å²) < 4.78 is 1.53. The first-order valence-corrected chi connectivity index (χ1v) is 7.03. The van der Waals surface area contributed by atoms with Gasteiger partial charge in [0, 0.05) is 59.4 Å². The Labute approximate surface area is 160 Å². The first-order chi connectivity index (χ1) is 7.93. The molecule has 0 aromatic carbocycles. The molecule has 3 nitrogen and oxygen atoms in total. The minimum absolute atomic E-state index is 0. The van der Waals surface area contributed by atoms with Gasteiger partial charge in [-0.05, 0) is 0 Å². The van der Waals surface area contributed by atoms with Crippen LogP contribution in [0.25, 0.3) is 0 Å². The SMILES string of the molecule is CN(C)C(=S)[S-].CN(C)C(=S)[S-].CN(C)C(=S)[S-].[Fe]. The van der Waals surface area contributed by atoms with Crippen LogP contribution < -0.4 is 0 Å². The van der Waals surface area contributed by atoms with Crippen LogP contribution in [0.3, 0.4) is 0 Å². The number of hydrogen-bond donors (Lipinski definition) is 0. The zero-order chi connectivity index (χ0) is 15.5. The molecular formula is C9H18FeN3S6-3. The van der Waals surface area contributed by atoms with Gasteiger partial charge in [-0.2, -0.15) is 0 Å². The van der Waals surface area contributed by atoms with Gasteiger partial charge in [0.15, 0.2) is 0 Å². The average molecular weight is 417 g/mol. The molecule has 116 valence electrons. The Morgan fingerprint density at radius 1 is 0.579 bits per heavy atom. The zero-order valence-corrected chi connectivity index (χ0v) is 17.6. The maximum Gasteiger partial charge on any atom is 0.00456 e. The standard InChI is InChI=1S/3C3H7NS2.Fe/c3*1-4(2)3(5)6;/h3*1-2H3,(H,5,6);/p-3. The molecule has 0 aliphatic heterocycles. The molecule has 0 radical (unpaired) electrons. The van der Waals surface area contributed by atoms with Crippen molar-refractivity contribution in [3.8, 4) is 0 Å². The van der Waals surface area contributed by atoms with Crippen LogP contribution in [0.5, 0.6) is 0 Å². The summed E-state index contributed by atoms with van der Waals surface area (Å²) in [6.07, 6.45) is 0. The average Bonchev–Trinajstić information content (AvgIpc) is 2.18. The minimum Gasteiger partial charge on any atom is -0.411 e. The molecule has 0 aliphatic carbocycles. The van der Waals surface area contributed by atoms with Gasteiger partial charge in [-0.3, -0.25) is 0 Å². The number of rotatable bonds is 0. The van der Waals surface area contributed by atoms with Crippen molar-refractivity contribution in [1.82, 2.24) is 14.7 Å². The van der Waals surface area contributed by atoms with E-state index >= 15 is 0 Å². The predicted molar refractivity (Wildman–Crippen MR) is 101 cm³/mol. The van der Waals surface area contributed by atoms with E-state index in [1.54, 1.807) is 14.7 Å². The maximum absolute atomic E-state index is 4.56. The summed E-state index contributed by atoms with van der Waals surface area (Å²) in [5, 5.41) is 0. The fourth-order valence-corrected chi connectivity index (χ4v) is 0. The molecule has 0 fully saturated rings. The second-order valence-electron chi connectivity index (χ2n) is 3.48. The van der Waals surface area contributed by atoms with E-state index in [2.05, 4.69) is 74.5 Å². The molecule has 10 heteroatoms. The van der Waals surface area contributed by atoms with E-state index in [-0.39, 0.29) is 17.1 Å². The Hall–Kier alpha value is 0.849. The van der Waals surface area contributed by atoms with Crippen molar-refractivity contribution in [1.29, 1.82) is 0 Å². The van der Waals surface area contributed by atoms with E-state index in [0.29, 0.717) is 13.0 Å². The first-order valence-electron chi connectivity index (χ1n) is 4.58. The fourth-order valence-electron chi connectivity index (χ4n) is 0. The monoisotopic (exact) mass is 416 g/mol. The quantitative estimate of drug-likeness (QED) is 0.324. The van der Waals surface area contributed by atoms with Crippen molar-refractivity contribution in [3.63, 3.8) is 0 Å². The van der Waals surface area contributed by atoms with Crippen molar-refractivity contribution < 1.29 is 17.1 Å². The molecular weight excluding hydrogens is 398 g/mol. The Balaban J connectivity index is -0.0000000865. The van der Waals surface area contributed by atoms with Gasteiger partial charge < -0.3 is 89.2 Å². The van der Waals surface area contributed by atoms with Gasteiger partial charge in [0.1, 0.15) is 0 Å². The number of hydrogen-bond acceptors (Lipinski definition) is 6. The molecule has 0 spiro atoms. The summed E-state index contributed by atoms with van der Waals surface area (Å²) in [6.45, 7) is 0. The van der Waals surface area contributed by atoms with E-state index in [1.165, 1.54) is 0 Å². The molecule has 0 unspecified atom stereocenters. The van der Waals surface area contributed by atoms with Crippen molar-refractivity contribution in [3.05, 3.63) is 0 Å². The van der Waals surface area contributed by atoms with Crippen molar-refractivity contribution >= 4 is 87.5 Å². The van der Waals surface area contributed by atoms with Crippen molar-refractivity contribution in [2.24, 2.45) is 0 Å². The summed E-state index contributed by atoms with van der Waals surface area (Å²) >= 11 is 27.4. The summed E-state index contributed by atoms with van der Waals surface area (Å²) in [4.78, 5) is 5.14. The van der Waals surface area contributed by atoms with Crippen LogP contribution in [0.1, 0.15) is 0 Å². The van der Waals surface area contributed by atoms with Gasteiger partial charge >= 0.3 is 0 Å². The summed E-state index contributed by atoms with van der Waals surface area (Å²) in [7, 11) is 11.0. The molecule has 0 aromatic rings. The third-order valence-corrected chi connectivity index (χ3v) is 3.29. The van der Waals surface area contributed by atoms with E-state index < -0.39 is 0 Å². The molecule has 0 atom stereocenters. The number of thiocarbonyl (C=S) groups is 3. The topological polar surface area (TPSA) is 9.72 Å². The molecule has 0 aromatic heterocycles. The van der Waals surface area contributed by atoms with Crippen molar-refractivity contribution in [2.75, 3.05) is 42.3 Å². The Bertz CT molecular complexity index is 228. The minimum atomic E-state index is 0. The van der Waals surface area contributed by atoms with Crippen molar-refractivity contribution in [2.45, 2.75) is 0 Å². The Morgan fingerprint density at radius 3 is 0.632 bits per heavy atom. The molecule has 0 saturated heterocycles. The predicted octanol–water partition coefficient (Wildman–Crippen LogP) is 1.14. The van der Waals surface area contributed by atoms with Gasteiger partial charge in [0.05, 0.1) is 0 Å². The summed E-state index contributed by atoms with van der Waals surface area (Å²) in [5.74, 6) is 0. The second-order valence-corrected chi connectivity index (χ2v) is 6.58. The largest absolute Gasteiger partial charge is 0.411 e. The van der Waals surface area contributed by atoms with Crippen LogP contribution >= 0.6 is 36.7 Å². The zero-order valence-electron chi connectivity index (χ0n) is 11.6. The van der Waals surface area contributed by atoms with Gasteiger partial charge in [-0.15, -0.1) is 0 Å². The van der Waals surface area contributed by atoms with E-state index in [4.69, 9.17) is 0 Å². The third-order valence-electron chi connectivity index (χ3n) is 1.10. The fraction of sp³-hybridized carbons (Fsp3) is 0.667. The first kappa shape index (κ1) is 28.1. The molecule has 0 aliphatic rings. The third kappa shape index (κ3) is 32.4. The molecule has 19 heavy (non-hydrogen) atoms. The normalized spacial score (nSPS) is 7.26. The van der Waals surface area contributed by atoms with E-state index in [1.807, 2.05) is 42.3 Å². The Morgan fingerprint density at radius 2 is 0.632 bits per heavy atom. The molecule has 0 heterocycles. The van der Waals surface area contributed by atoms with E-state index in [0.717, 1.165) is 0 Å². The van der Waals surface area contributed by atoms with Gasteiger partial charge in [-0.1, -0.05) is 13.0 Å². The Kier molecular flexibility index (Phi) is 25.0. The van der Waals surface area contributed by atoms with Crippen LogP contribution in [-0.4, -0.2) is 69.9 Å². The molecule has 0 N–H and O–H groups in total.